The molecule has 0 N–H and O–H groups in total. The fraction of sp³-hybridized carbons (Fsp3) is 0.923. The summed E-state index contributed by atoms with van der Waals surface area (Å²) in [5, 5.41) is 0.0153. The zero-order valence-corrected chi connectivity index (χ0v) is 11.1. The summed E-state index contributed by atoms with van der Waals surface area (Å²) >= 11 is 5.97. The Labute approximate surface area is 104 Å². The molecule has 16 heavy (non-hydrogen) atoms. The third kappa shape index (κ3) is 11.7. The van der Waals surface area contributed by atoms with Crippen molar-refractivity contribution in [2.24, 2.45) is 4.99 Å². The van der Waals surface area contributed by atoms with Gasteiger partial charge in [-0.1, -0.05) is 58.3 Å². The van der Waals surface area contributed by atoms with Crippen LogP contribution in [0.1, 0.15) is 64.7 Å². The predicted octanol–water partition coefficient (Wildman–Crippen LogP) is 4.46. The van der Waals surface area contributed by atoms with E-state index in [4.69, 9.17) is 11.6 Å². The summed E-state index contributed by atoms with van der Waals surface area (Å²) in [6.07, 6.45) is 13.0. The van der Waals surface area contributed by atoms with Crippen molar-refractivity contribution in [2.45, 2.75) is 70.1 Å². The minimum absolute atomic E-state index is 0.0153. The van der Waals surface area contributed by atoms with Gasteiger partial charge in [-0.15, -0.1) is 11.6 Å². The van der Waals surface area contributed by atoms with Gasteiger partial charge in [0, 0.05) is 0 Å². The topological polar surface area (TPSA) is 29.4 Å². The van der Waals surface area contributed by atoms with E-state index < -0.39 is 0 Å². The number of unbranched alkanes of at least 4 members (excludes halogenated alkanes) is 7. The number of alkyl halides is 1. The summed E-state index contributed by atoms with van der Waals surface area (Å²) in [4.78, 5) is 13.3. The SMILES string of the molecule is CCCCCCCCCCC(Cl)CN=C=O. The minimum atomic E-state index is 0.0153. The highest BCUT2D eigenvalue weighted by atomic mass is 35.5. The Balaban J connectivity index is 3.11. The summed E-state index contributed by atoms with van der Waals surface area (Å²) in [5.74, 6) is 0. The lowest BCUT2D eigenvalue weighted by atomic mass is 10.1. The van der Waals surface area contributed by atoms with Gasteiger partial charge in [-0.25, -0.2) is 9.79 Å². The van der Waals surface area contributed by atoms with Gasteiger partial charge < -0.3 is 0 Å². The monoisotopic (exact) mass is 245 g/mol. The maximum atomic E-state index is 9.86. The van der Waals surface area contributed by atoms with E-state index in [1.165, 1.54) is 51.0 Å². The molecule has 0 aliphatic carbocycles. The normalized spacial score (nSPS) is 12.1. The van der Waals surface area contributed by atoms with Gasteiger partial charge in [0.05, 0.1) is 11.9 Å². The summed E-state index contributed by atoms with van der Waals surface area (Å²) in [5.41, 5.74) is 0. The summed E-state index contributed by atoms with van der Waals surface area (Å²) in [6.45, 7) is 2.66. The third-order valence-corrected chi connectivity index (χ3v) is 3.08. The van der Waals surface area contributed by atoms with Crippen LogP contribution in [0.15, 0.2) is 4.99 Å². The van der Waals surface area contributed by atoms with Crippen molar-refractivity contribution >= 4 is 17.7 Å². The number of isocyanates is 1. The third-order valence-electron chi connectivity index (χ3n) is 2.72. The second-order valence-electron chi connectivity index (χ2n) is 4.29. The largest absolute Gasteiger partial charge is 0.234 e. The second kappa shape index (κ2) is 12.7. The number of hydrogen-bond acceptors (Lipinski definition) is 2. The molecule has 0 spiro atoms. The lowest BCUT2D eigenvalue weighted by Crippen LogP contribution is -2.02. The van der Waals surface area contributed by atoms with E-state index in [1.807, 2.05) is 0 Å². The number of halogens is 1. The van der Waals surface area contributed by atoms with Crippen molar-refractivity contribution in [2.75, 3.05) is 6.54 Å². The van der Waals surface area contributed by atoms with Crippen molar-refractivity contribution in [3.63, 3.8) is 0 Å². The van der Waals surface area contributed by atoms with Crippen LogP contribution in [0.3, 0.4) is 0 Å². The molecule has 94 valence electrons. The highest BCUT2D eigenvalue weighted by molar-refractivity contribution is 6.20. The Bertz CT molecular complexity index is 190. The van der Waals surface area contributed by atoms with Crippen LogP contribution in [0.4, 0.5) is 0 Å². The number of rotatable bonds is 11. The Morgan fingerprint density at radius 2 is 1.62 bits per heavy atom. The molecule has 0 saturated carbocycles. The van der Waals surface area contributed by atoms with Crippen molar-refractivity contribution in [3.8, 4) is 0 Å². The van der Waals surface area contributed by atoms with Crippen LogP contribution in [0, 0.1) is 0 Å². The van der Waals surface area contributed by atoms with Gasteiger partial charge in [0.2, 0.25) is 6.08 Å². The van der Waals surface area contributed by atoms with Crippen LogP contribution in [-0.4, -0.2) is 18.0 Å². The Hall–Kier alpha value is -0.330. The van der Waals surface area contributed by atoms with E-state index in [1.54, 1.807) is 0 Å². The molecule has 0 aliphatic rings. The lowest BCUT2D eigenvalue weighted by molar-refractivity contribution is 0.553. The molecule has 0 heterocycles. The van der Waals surface area contributed by atoms with Crippen LogP contribution in [-0.2, 0) is 4.79 Å². The standard InChI is InChI=1S/C13H24ClNO/c1-2-3-4-5-6-7-8-9-10-13(14)11-15-12-16/h13H,2-11H2,1H3. The average Bonchev–Trinajstić information content (AvgIpc) is 2.30. The van der Waals surface area contributed by atoms with Gasteiger partial charge in [0.25, 0.3) is 0 Å². The van der Waals surface area contributed by atoms with Crippen LogP contribution < -0.4 is 0 Å². The van der Waals surface area contributed by atoms with Gasteiger partial charge in [-0.2, -0.15) is 0 Å². The zero-order chi connectivity index (χ0) is 12.1. The first kappa shape index (κ1) is 15.7. The van der Waals surface area contributed by atoms with Gasteiger partial charge in [-0.3, -0.25) is 0 Å². The van der Waals surface area contributed by atoms with Crippen LogP contribution >= 0.6 is 11.6 Å². The molecule has 0 amide bonds. The van der Waals surface area contributed by atoms with E-state index in [0.29, 0.717) is 6.54 Å². The summed E-state index contributed by atoms with van der Waals surface area (Å²) in [7, 11) is 0. The average molecular weight is 246 g/mol. The molecule has 0 radical (unpaired) electrons. The van der Waals surface area contributed by atoms with Gasteiger partial charge in [-0.05, 0) is 6.42 Å². The first-order valence-electron chi connectivity index (χ1n) is 6.49. The molecular formula is C13H24ClNO. The van der Waals surface area contributed by atoms with E-state index in [2.05, 4.69) is 11.9 Å². The number of nitrogens with zero attached hydrogens (tertiary/aromatic N) is 1. The van der Waals surface area contributed by atoms with Crippen molar-refractivity contribution in [1.29, 1.82) is 0 Å². The van der Waals surface area contributed by atoms with Crippen LogP contribution in [0.5, 0.6) is 0 Å². The molecule has 0 aromatic heterocycles. The molecule has 2 nitrogen and oxygen atoms in total. The summed E-state index contributed by atoms with van der Waals surface area (Å²) < 4.78 is 0. The Kier molecular flexibility index (Phi) is 12.5. The molecule has 0 bridgehead atoms. The molecule has 3 heteroatoms. The smallest absolute Gasteiger partial charge is 0.211 e. The lowest BCUT2D eigenvalue weighted by Gasteiger charge is -2.05. The number of aliphatic imine (C=N–C) groups is 1. The maximum Gasteiger partial charge on any atom is 0.234 e. The molecule has 0 fully saturated rings. The summed E-state index contributed by atoms with van der Waals surface area (Å²) in [6, 6.07) is 0. The molecule has 0 aromatic carbocycles. The molecule has 0 saturated heterocycles. The van der Waals surface area contributed by atoms with Gasteiger partial charge >= 0.3 is 0 Å². The predicted molar refractivity (Wildman–Crippen MR) is 69.9 cm³/mol. The van der Waals surface area contributed by atoms with Gasteiger partial charge in [0.15, 0.2) is 0 Å². The fourth-order valence-corrected chi connectivity index (χ4v) is 1.95. The van der Waals surface area contributed by atoms with Crippen LogP contribution in [0.25, 0.3) is 0 Å². The number of hydrogen-bond donors (Lipinski definition) is 0. The highest BCUT2D eigenvalue weighted by Crippen LogP contribution is 2.12. The molecule has 0 aliphatic heterocycles. The Morgan fingerprint density at radius 1 is 1.06 bits per heavy atom. The molecule has 1 atom stereocenters. The molecule has 0 rings (SSSR count). The van der Waals surface area contributed by atoms with E-state index in [-0.39, 0.29) is 5.38 Å². The molecule has 1 unspecified atom stereocenters. The quantitative estimate of drug-likeness (QED) is 0.229. The van der Waals surface area contributed by atoms with Gasteiger partial charge in [0.1, 0.15) is 0 Å². The molecular weight excluding hydrogens is 222 g/mol. The van der Waals surface area contributed by atoms with E-state index >= 15 is 0 Å². The highest BCUT2D eigenvalue weighted by Gasteiger charge is 2.02. The zero-order valence-electron chi connectivity index (χ0n) is 10.4. The Morgan fingerprint density at radius 3 is 2.19 bits per heavy atom. The fourth-order valence-electron chi connectivity index (χ4n) is 1.73. The van der Waals surface area contributed by atoms with Crippen molar-refractivity contribution < 1.29 is 4.79 Å². The minimum Gasteiger partial charge on any atom is -0.211 e. The second-order valence-corrected chi connectivity index (χ2v) is 4.91. The number of carbonyl (C=O) groups excluding carboxylic acids is 1. The maximum absolute atomic E-state index is 9.86. The van der Waals surface area contributed by atoms with Crippen LogP contribution in [0.2, 0.25) is 0 Å². The van der Waals surface area contributed by atoms with E-state index in [0.717, 1.165) is 12.8 Å². The van der Waals surface area contributed by atoms with Crippen molar-refractivity contribution in [3.05, 3.63) is 0 Å². The van der Waals surface area contributed by atoms with Crippen molar-refractivity contribution in [1.82, 2.24) is 0 Å². The first-order chi connectivity index (χ1) is 7.81. The van der Waals surface area contributed by atoms with E-state index in [9.17, 15) is 4.79 Å². The molecule has 0 aromatic rings. The first-order valence-corrected chi connectivity index (χ1v) is 6.92.